The number of fused-ring (bicyclic) bond motifs is 1. The van der Waals surface area contributed by atoms with Crippen LogP contribution in [0.25, 0.3) is 16.9 Å². The molecule has 3 aromatic rings. The third kappa shape index (κ3) is 2.50. The van der Waals surface area contributed by atoms with E-state index >= 15 is 0 Å². The number of pyridine rings is 1. The standard InChI is InChI=1S/C18H19N3S/c1-11-6-7-14(13(3)9-11)17-15(10-16(19)22)21-8-4-5-12(2)18(21)20-17/h4-9H,10H2,1-3H3,(H2,19,22). The SMILES string of the molecule is Cc1ccc(-c2nc3c(C)cccn3c2CC(N)=S)c(C)c1. The summed E-state index contributed by atoms with van der Waals surface area (Å²) in [5.74, 6) is 0. The zero-order valence-corrected chi connectivity index (χ0v) is 13.9. The van der Waals surface area contributed by atoms with Crippen LogP contribution in [0.15, 0.2) is 36.5 Å². The lowest BCUT2D eigenvalue weighted by atomic mass is 10.0. The Hall–Kier alpha value is -2.20. The number of imidazole rings is 1. The second kappa shape index (κ2) is 5.54. The molecule has 0 atom stereocenters. The number of benzene rings is 1. The lowest BCUT2D eigenvalue weighted by Crippen LogP contribution is -2.13. The predicted octanol–water partition coefficient (Wildman–Crippen LogP) is 3.76. The number of hydrogen-bond acceptors (Lipinski definition) is 2. The summed E-state index contributed by atoms with van der Waals surface area (Å²) < 4.78 is 2.10. The highest BCUT2D eigenvalue weighted by atomic mass is 32.1. The third-order valence-electron chi connectivity index (χ3n) is 3.92. The molecule has 0 fully saturated rings. The molecule has 112 valence electrons. The topological polar surface area (TPSA) is 43.3 Å². The predicted molar refractivity (Wildman–Crippen MR) is 95.3 cm³/mol. The van der Waals surface area contributed by atoms with Gasteiger partial charge < -0.3 is 10.1 Å². The summed E-state index contributed by atoms with van der Waals surface area (Å²) in [4.78, 5) is 5.35. The molecule has 2 heterocycles. The van der Waals surface area contributed by atoms with Gasteiger partial charge in [0.25, 0.3) is 0 Å². The second-order valence-corrected chi connectivity index (χ2v) is 6.28. The number of hydrogen-bond donors (Lipinski definition) is 1. The normalized spacial score (nSPS) is 11.0. The van der Waals surface area contributed by atoms with Crippen LogP contribution in [0.3, 0.4) is 0 Å². The van der Waals surface area contributed by atoms with Crippen molar-refractivity contribution in [2.45, 2.75) is 27.2 Å². The zero-order chi connectivity index (χ0) is 15.9. The van der Waals surface area contributed by atoms with Gasteiger partial charge in [0.2, 0.25) is 0 Å². The Bertz CT molecular complexity index is 877. The molecular formula is C18H19N3S. The fourth-order valence-electron chi connectivity index (χ4n) is 2.88. The van der Waals surface area contributed by atoms with E-state index in [1.54, 1.807) is 0 Å². The number of nitrogens with two attached hydrogens (primary N) is 1. The minimum absolute atomic E-state index is 0.481. The molecule has 3 rings (SSSR count). The molecular weight excluding hydrogens is 290 g/mol. The Morgan fingerprint density at radius 3 is 2.64 bits per heavy atom. The molecule has 2 N–H and O–H groups in total. The van der Waals surface area contributed by atoms with Crippen LogP contribution in [-0.2, 0) is 6.42 Å². The maximum Gasteiger partial charge on any atom is 0.140 e. The molecule has 22 heavy (non-hydrogen) atoms. The summed E-state index contributed by atoms with van der Waals surface area (Å²) >= 11 is 5.14. The van der Waals surface area contributed by atoms with Gasteiger partial charge in [-0.3, -0.25) is 0 Å². The van der Waals surface area contributed by atoms with Gasteiger partial charge in [0.1, 0.15) is 5.65 Å². The summed E-state index contributed by atoms with van der Waals surface area (Å²) in [6.07, 6.45) is 2.57. The molecule has 0 spiro atoms. The van der Waals surface area contributed by atoms with Crippen LogP contribution in [0.5, 0.6) is 0 Å². The van der Waals surface area contributed by atoms with Crippen molar-refractivity contribution in [2.24, 2.45) is 5.73 Å². The van der Waals surface area contributed by atoms with E-state index in [4.69, 9.17) is 22.9 Å². The van der Waals surface area contributed by atoms with Crippen LogP contribution in [-0.4, -0.2) is 14.4 Å². The van der Waals surface area contributed by atoms with Crippen molar-refractivity contribution in [3.63, 3.8) is 0 Å². The first-order chi connectivity index (χ1) is 10.5. The summed E-state index contributed by atoms with van der Waals surface area (Å²) in [5, 5.41) is 0. The zero-order valence-electron chi connectivity index (χ0n) is 13.1. The molecule has 1 aromatic carbocycles. The van der Waals surface area contributed by atoms with Gasteiger partial charge in [0.15, 0.2) is 0 Å². The van der Waals surface area contributed by atoms with Crippen molar-refractivity contribution in [1.82, 2.24) is 9.38 Å². The highest BCUT2D eigenvalue weighted by Crippen LogP contribution is 2.29. The van der Waals surface area contributed by atoms with E-state index in [0.717, 1.165) is 28.2 Å². The molecule has 2 aromatic heterocycles. The highest BCUT2D eigenvalue weighted by Gasteiger charge is 2.17. The van der Waals surface area contributed by atoms with Gasteiger partial charge in [0, 0.05) is 18.2 Å². The number of rotatable bonds is 3. The van der Waals surface area contributed by atoms with E-state index in [9.17, 15) is 0 Å². The van der Waals surface area contributed by atoms with Crippen LogP contribution < -0.4 is 5.73 Å². The first-order valence-corrected chi connectivity index (χ1v) is 7.70. The average Bonchev–Trinajstić information content (AvgIpc) is 2.79. The van der Waals surface area contributed by atoms with E-state index in [-0.39, 0.29) is 0 Å². The van der Waals surface area contributed by atoms with E-state index in [2.05, 4.69) is 49.4 Å². The Morgan fingerprint density at radius 1 is 1.18 bits per heavy atom. The fraction of sp³-hybridized carbons (Fsp3) is 0.222. The highest BCUT2D eigenvalue weighted by molar-refractivity contribution is 7.80. The molecule has 0 saturated heterocycles. The van der Waals surface area contributed by atoms with Crippen molar-refractivity contribution in [3.8, 4) is 11.3 Å². The summed E-state index contributed by atoms with van der Waals surface area (Å²) in [6, 6.07) is 10.5. The van der Waals surface area contributed by atoms with Crippen LogP contribution in [0.2, 0.25) is 0 Å². The Balaban J connectivity index is 2.32. The minimum atomic E-state index is 0.481. The van der Waals surface area contributed by atoms with Crippen molar-refractivity contribution < 1.29 is 0 Å². The molecule has 0 unspecified atom stereocenters. The lowest BCUT2D eigenvalue weighted by molar-refractivity contribution is 1.06. The monoisotopic (exact) mass is 309 g/mol. The first-order valence-electron chi connectivity index (χ1n) is 7.30. The Labute approximate surface area is 135 Å². The fourth-order valence-corrected chi connectivity index (χ4v) is 3.02. The number of aromatic nitrogens is 2. The molecule has 0 aliphatic heterocycles. The molecule has 0 aliphatic carbocycles. The van der Waals surface area contributed by atoms with Crippen LogP contribution in [0, 0.1) is 20.8 Å². The van der Waals surface area contributed by atoms with Crippen molar-refractivity contribution >= 4 is 22.9 Å². The molecule has 0 aliphatic rings. The Morgan fingerprint density at radius 2 is 1.95 bits per heavy atom. The number of aryl methyl sites for hydroxylation is 3. The van der Waals surface area contributed by atoms with Gasteiger partial charge in [-0.05, 0) is 38.0 Å². The average molecular weight is 309 g/mol. The number of thiocarbonyl (C=S) groups is 1. The molecule has 0 radical (unpaired) electrons. The molecule has 0 saturated carbocycles. The van der Waals surface area contributed by atoms with Gasteiger partial charge in [-0.15, -0.1) is 0 Å². The molecule has 4 heteroatoms. The smallest absolute Gasteiger partial charge is 0.140 e. The lowest BCUT2D eigenvalue weighted by Gasteiger charge is -2.08. The number of nitrogens with zero attached hydrogens (tertiary/aromatic N) is 2. The molecule has 0 amide bonds. The maximum atomic E-state index is 5.81. The quantitative estimate of drug-likeness (QED) is 0.749. The third-order valence-corrected chi connectivity index (χ3v) is 4.07. The second-order valence-electron chi connectivity index (χ2n) is 5.75. The van der Waals surface area contributed by atoms with Crippen LogP contribution in [0.1, 0.15) is 22.4 Å². The van der Waals surface area contributed by atoms with Gasteiger partial charge in [-0.2, -0.15) is 0 Å². The van der Waals surface area contributed by atoms with Gasteiger partial charge in [-0.25, -0.2) is 4.98 Å². The minimum Gasteiger partial charge on any atom is -0.393 e. The Kier molecular flexibility index (Phi) is 3.71. The van der Waals surface area contributed by atoms with Crippen molar-refractivity contribution in [2.75, 3.05) is 0 Å². The van der Waals surface area contributed by atoms with Gasteiger partial charge >= 0.3 is 0 Å². The first kappa shape index (κ1) is 14.7. The van der Waals surface area contributed by atoms with E-state index < -0.39 is 0 Å². The summed E-state index contributed by atoms with van der Waals surface area (Å²) in [6.45, 7) is 6.28. The molecule has 0 bridgehead atoms. The van der Waals surface area contributed by atoms with E-state index in [1.165, 1.54) is 11.1 Å². The van der Waals surface area contributed by atoms with Gasteiger partial charge in [0.05, 0.1) is 16.4 Å². The van der Waals surface area contributed by atoms with Gasteiger partial charge in [-0.1, -0.05) is 42.0 Å². The van der Waals surface area contributed by atoms with Crippen LogP contribution >= 0.6 is 12.2 Å². The van der Waals surface area contributed by atoms with Crippen molar-refractivity contribution in [3.05, 3.63) is 58.9 Å². The largest absolute Gasteiger partial charge is 0.393 e. The summed E-state index contributed by atoms with van der Waals surface area (Å²) in [7, 11) is 0. The van der Waals surface area contributed by atoms with E-state index in [1.807, 2.05) is 12.3 Å². The van der Waals surface area contributed by atoms with Crippen LogP contribution in [0.4, 0.5) is 0 Å². The maximum absolute atomic E-state index is 5.81. The molecule has 3 nitrogen and oxygen atoms in total. The van der Waals surface area contributed by atoms with Crippen molar-refractivity contribution in [1.29, 1.82) is 0 Å². The summed E-state index contributed by atoms with van der Waals surface area (Å²) in [5.41, 5.74) is 13.5. The van der Waals surface area contributed by atoms with E-state index in [0.29, 0.717) is 11.4 Å².